The Morgan fingerprint density at radius 1 is 0.750 bits per heavy atom. The van der Waals surface area contributed by atoms with Crippen LogP contribution in [0.1, 0.15) is 30.5 Å². The highest BCUT2D eigenvalue weighted by Crippen LogP contribution is 2.32. The van der Waals surface area contributed by atoms with Crippen LogP contribution < -0.4 is 10.5 Å². The number of anilines is 1. The van der Waals surface area contributed by atoms with Crippen molar-refractivity contribution in [2.45, 2.75) is 25.9 Å². The molecule has 24 heavy (non-hydrogen) atoms. The second-order valence-corrected chi connectivity index (χ2v) is 6.55. The number of rotatable bonds is 5. The molecule has 3 aromatic rings. The molecule has 0 unspecified atom stereocenters. The first kappa shape index (κ1) is 16.1. The lowest BCUT2D eigenvalue weighted by atomic mass is 9.78. The molecule has 0 aliphatic rings. The van der Waals surface area contributed by atoms with E-state index in [1.54, 1.807) is 0 Å². The summed E-state index contributed by atoms with van der Waals surface area (Å²) in [7, 11) is 0. The van der Waals surface area contributed by atoms with Crippen LogP contribution in [0.5, 0.6) is 5.75 Å². The summed E-state index contributed by atoms with van der Waals surface area (Å²) in [6.07, 6.45) is 0. The van der Waals surface area contributed by atoms with Gasteiger partial charge >= 0.3 is 0 Å². The first-order chi connectivity index (χ1) is 11.6. The van der Waals surface area contributed by atoms with Crippen molar-refractivity contribution in [3.8, 4) is 5.75 Å². The Labute approximate surface area is 143 Å². The lowest BCUT2D eigenvalue weighted by molar-refractivity contribution is 0.306. The molecule has 0 spiro atoms. The predicted octanol–water partition coefficient (Wildman–Crippen LogP) is 5.17. The Morgan fingerprint density at radius 2 is 1.33 bits per heavy atom. The van der Waals surface area contributed by atoms with Crippen LogP contribution >= 0.6 is 0 Å². The quantitative estimate of drug-likeness (QED) is 0.659. The zero-order chi connectivity index (χ0) is 17.0. The molecule has 0 radical (unpaired) electrons. The molecule has 0 aliphatic carbocycles. The summed E-state index contributed by atoms with van der Waals surface area (Å²) in [4.78, 5) is 0. The van der Waals surface area contributed by atoms with E-state index in [0.717, 1.165) is 17.0 Å². The lowest BCUT2D eigenvalue weighted by Crippen LogP contribution is -2.18. The van der Waals surface area contributed by atoms with Gasteiger partial charge in [-0.1, -0.05) is 68.4 Å². The number of hydrogen-bond acceptors (Lipinski definition) is 2. The number of ether oxygens (including phenoxy) is 1. The monoisotopic (exact) mass is 317 g/mol. The normalized spacial score (nSPS) is 11.2. The molecule has 2 N–H and O–H groups in total. The minimum atomic E-state index is -0.0310. The average molecular weight is 317 g/mol. The zero-order valence-electron chi connectivity index (χ0n) is 14.2. The van der Waals surface area contributed by atoms with E-state index < -0.39 is 0 Å². The fourth-order valence-corrected chi connectivity index (χ4v) is 2.77. The zero-order valence-corrected chi connectivity index (χ0v) is 14.2. The summed E-state index contributed by atoms with van der Waals surface area (Å²) < 4.78 is 5.86. The Bertz CT molecular complexity index is 774. The van der Waals surface area contributed by atoms with Crippen LogP contribution in [0.4, 0.5) is 5.69 Å². The molecule has 2 heteroatoms. The van der Waals surface area contributed by atoms with Gasteiger partial charge in [0.1, 0.15) is 12.4 Å². The first-order valence-electron chi connectivity index (χ1n) is 8.19. The van der Waals surface area contributed by atoms with Crippen molar-refractivity contribution >= 4 is 5.69 Å². The fourth-order valence-electron chi connectivity index (χ4n) is 2.77. The average Bonchev–Trinajstić information content (AvgIpc) is 2.62. The fraction of sp³-hybridized carbons (Fsp3) is 0.182. The van der Waals surface area contributed by atoms with Crippen LogP contribution in [0.3, 0.4) is 0 Å². The highest BCUT2D eigenvalue weighted by Gasteiger charge is 2.22. The third-order valence-electron chi connectivity index (χ3n) is 4.46. The lowest BCUT2D eigenvalue weighted by Gasteiger charge is -2.26. The molecule has 0 saturated heterocycles. The van der Waals surface area contributed by atoms with Gasteiger partial charge in [0, 0.05) is 11.1 Å². The Morgan fingerprint density at radius 3 is 1.96 bits per heavy atom. The van der Waals surface area contributed by atoms with Gasteiger partial charge in [-0.05, 0) is 41.0 Å². The molecule has 122 valence electrons. The van der Waals surface area contributed by atoms with E-state index in [9.17, 15) is 0 Å². The highest BCUT2D eigenvalue weighted by molar-refractivity contribution is 5.41. The van der Waals surface area contributed by atoms with Crippen molar-refractivity contribution in [1.29, 1.82) is 0 Å². The van der Waals surface area contributed by atoms with Gasteiger partial charge in [-0.2, -0.15) is 0 Å². The summed E-state index contributed by atoms with van der Waals surface area (Å²) >= 11 is 0. The van der Waals surface area contributed by atoms with Crippen molar-refractivity contribution in [2.75, 3.05) is 5.73 Å². The summed E-state index contributed by atoms with van der Waals surface area (Å²) in [6, 6.07) is 26.7. The Hall–Kier alpha value is -2.74. The van der Waals surface area contributed by atoms with Crippen molar-refractivity contribution in [3.63, 3.8) is 0 Å². The molecule has 0 aromatic heterocycles. The van der Waals surface area contributed by atoms with Crippen molar-refractivity contribution in [2.24, 2.45) is 0 Å². The van der Waals surface area contributed by atoms with Gasteiger partial charge in [0.15, 0.2) is 0 Å². The number of hydrogen-bond donors (Lipinski definition) is 1. The number of benzene rings is 3. The van der Waals surface area contributed by atoms with Crippen molar-refractivity contribution in [1.82, 2.24) is 0 Å². The SMILES string of the molecule is CC(C)(c1ccccc1)c1ccc(OCc2ccc(N)cc2)cc1. The highest BCUT2D eigenvalue weighted by atomic mass is 16.5. The van der Waals surface area contributed by atoms with E-state index in [2.05, 4.69) is 50.2 Å². The summed E-state index contributed by atoms with van der Waals surface area (Å²) in [6.45, 7) is 5.03. The van der Waals surface area contributed by atoms with Gasteiger partial charge in [-0.25, -0.2) is 0 Å². The molecule has 2 nitrogen and oxygen atoms in total. The molecule has 0 bridgehead atoms. The topological polar surface area (TPSA) is 35.2 Å². The Balaban J connectivity index is 1.70. The van der Waals surface area contributed by atoms with Crippen molar-refractivity contribution < 1.29 is 4.74 Å². The van der Waals surface area contributed by atoms with Crippen LogP contribution in [0.2, 0.25) is 0 Å². The molecule has 0 heterocycles. The molecule has 3 rings (SSSR count). The van der Waals surface area contributed by atoms with Crippen molar-refractivity contribution in [3.05, 3.63) is 95.6 Å². The second kappa shape index (κ2) is 6.79. The van der Waals surface area contributed by atoms with Gasteiger partial charge in [0.25, 0.3) is 0 Å². The molecule has 3 aromatic carbocycles. The van der Waals surface area contributed by atoms with E-state index >= 15 is 0 Å². The van der Waals surface area contributed by atoms with E-state index in [-0.39, 0.29) is 5.41 Å². The summed E-state index contributed by atoms with van der Waals surface area (Å²) in [5, 5.41) is 0. The third kappa shape index (κ3) is 3.60. The van der Waals surface area contributed by atoms with Gasteiger partial charge in [0.05, 0.1) is 0 Å². The van der Waals surface area contributed by atoms with Crippen LogP contribution in [0.15, 0.2) is 78.9 Å². The standard InChI is InChI=1S/C22H23NO/c1-22(2,18-6-4-3-5-7-18)19-10-14-21(15-11-19)24-16-17-8-12-20(23)13-9-17/h3-15H,16,23H2,1-2H3. The largest absolute Gasteiger partial charge is 0.489 e. The summed E-state index contributed by atoms with van der Waals surface area (Å²) in [5.41, 5.74) is 10.1. The molecule has 0 amide bonds. The van der Waals surface area contributed by atoms with Gasteiger partial charge in [0.2, 0.25) is 0 Å². The molecule has 0 saturated carbocycles. The third-order valence-corrected chi connectivity index (χ3v) is 4.46. The maximum atomic E-state index is 5.86. The van der Waals surface area contributed by atoms with Gasteiger partial charge < -0.3 is 10.5 Å². The van der Waals surface area contributed by atoms with E-state index in [1.807, 2.05) is 42.5 Å². The van der Waals surface area contributed by atoms with E-state index in [0.29, 0.717) is 6.61 Å². The second-order valence-electron chi connectivity index (χ2n) is 6.55. The number of nitrogens with two attached hydrogens (primary N) is 1. The van der Waals surface area contributed by atoms with Crippen LogP contribution in [0.25, 0.3) is 0 Å². The van der Waals surface area contributed by atoms with Gasteiger partial charge in [-0.15, -0.1) is 0 Å². The maximum absolute atomic E-state index is 5.86. The minimum absolute atomic E-state index is 0.0310. The smallest absolute Gasteiger partial charge is 0.119 e. The molecular weight excluding hydrogens is 294 g/mol. The molecular formula is C22H23NO. The first-order valence-corrected chi connectivity index (χ1v) is 8.19. The van der Waals surface area contributed by atoms with E-state index in [1.165, 1.54) is 11.1 Å². The van der Waals surface area contributed by atoms with Crippen LogP contribution in [-0.2, 0) is 12.0 Å². The van der Waals surface area contributed by atoms with Crippen LogP contribution in [0, 0.1) is 0 Å². The Kier molecular flexibility index (Phi) is 4.57. The number of nitrogen functional groups attached to an aromatic ring is 1. The van der Waals surface area contributed by atoms with Crippen LogP contribution in [-0.4, -0.2) is 0 Å². The minimum Gasteiger partial charge on any atom is -0.489 e. The van der Waals surface area contributed by atoms with E-state index in [4.69, 9.17) is 10.5 Å². The predicted molar refractivity (Wildman–Crippen MR) is 100 cm³/mol. The molecule has 0 atom stereocenters. The maximum Gasteiger partial charge on any atom is 0.119 e. The summed E-state index contributed by atoms with van der Waals surface area (Å²) in [5.74, 6) is 0.874. The van der Waals surface area contributed by atoms with Gasteiger partial charge in [-0.3, -0.25) is 0 Å². The molecule has 0 aliphatic heterocycles. The molecule has 0 fully saturated rings.